The molecule has 0 bridgehead atoms. The fourth-order valence-electron chi connectivity index (χ4n) is 5.83. The van der Waals surface area contributed by atoms with E-state index in [1.165, 1.54) is 0 Å². The van der Waals surface area contributed by atoms with Crippen LogP contribution >= 0.6 is 0 Å². The molecule has 0 unspecified atom stereocenters. The lowest BCUT2D eigenvalue weighted by Crippen LogP contribution is -2.43. The van der Waals surface area contributed by atoms with Gasteiger partial charge in [0.15, 0.2) is 11.3 Å². The zero-order valence-corrected chi connectivity index (χ0v) is 20.9. The summed E-state index contributed by atoms with van der Waals surface area (Å²) in [5.74, 6) is 1.24. The topological polar surface area (TPSA) is 126 Å². The fraction of sp³-hybridized carbons (Fsp3) is 0.577. The first-order valence-corrected chi connectivity index (χ1v) is 13.4. The second-order valence-corrected chi connectivity index (χ2v) is 11.2. The van der Waals surface area contributed by atoms with E-state index in [9.17, 15) is 22.8 Å². The van der Waals surface area contributed by atoms with E-state index in [4.69, 9.17) is 14.0 Å². The molecule has 2 aromatic heterocycles. The monoisotopic (exact) mass is 544 g/mol. The van der Waals surface area contributed by atoms with Crippen LogP contribution in [0.3, 0.4) is 0 Å². The Labute approximate surface area is 220 Å². The number of urea groups is 1. The second kappa shape index (κ2) is 8.95. The Bertz CT molecular complexity index is 1410. The number of carbonyl (C=O) groups is 2. The van der Waals surface area contributed by atoms with Crippen molar-refractivity contribution < 1.29 is 31.8 Å². The van der Waals surface area contributed by atoms with Gasteiger partial charge in [0, 0.05) is 19.0 Å². The maximum Gasteiger partial charge on any atom is 0.410 e. The Balaban J connectivity index is 1.18. The van der Waals surface area contributed by atoms with Crippen LogP contribution in [-0.4, -0.2) is 50.9 Å². The quantitative estimate of drug-likeness (QED) is 0.408. The van der Waals surface area contributed by atoms with E-state index < -0.39 is 30.8 Å². The molecular weight excluding hydrogens is 517 g/mol. The Morgan fingerprint density at radius 1 is 1.13 bits per heavy atom. The molecule has 3 aromatic rings. The van der Waals surface area contributed by atoms with E-state index in [0.717, 1.165) is 43.4 Å². The van der Waals surface area contributed by atoms with E-state index in [1.54, 1.807) is 18.2 Å². The summed E-state index contributed by atoms with van der Waals surface area (Å²) in [5, 5.41) is 13.2. The number of oxazole rings is 1. The molecule has 0 spiro atoms. The van der Waals surface area contributed by atoms with E-state index in [0.29, 0.717) is 40.1 Å². The van der Waals surface area contributed by atoms with Gasteiger partial charge in [0.1, 0.15) is 23.3 Å². The van der Waals surface area contributed by atoms with Crippen molar-refractivity contribution in [2.75, 3.05) is 6.54 Å². The van der Waals surface area contributed by atoms with Crippen LogP contribution in [-0.2, 0) is 6.54 Å². The second-order valence-electron chi connectivity index (χ2n) is 11.2. The van der Waals surface area contributed by atoms with Crippen LogP contribution < -0.4 is 10.6 Å². The van der Waals surface area contributed by atoms with E-state index >= 15 is 0 Å². The third kappa shape index (κ3) is 4.71. The number of nitrogens with one attached hydrogen (secondary N) is 2. The molecule has 1 saturated heterocycles. The summed E-state index contributed by atoms with van der Waals surface area (Å²) in [4.78, 5) is 30.9. The van der Waals surface area contributed by atoms with Gasteiger partial charge in [0.05, 0.1) is 0 Å². The molecule has 1 aliphatic heterocycles. The molecular formula is C26H27F3N6O4. The van der Waals surface area contributed by atoms with Crippen LogP contribution in [0.4, 0.5) is 18.0 Å². The molecule has 2 atom stereocenters. The molecule has 7 rings (SSSR count). The van der Waals surface area contributed by atoms with Gasteiger partial charge < -0.3 is 20.0 Å². The fourth-order valence-corrected chi connectivity index (χ4v) is 5.83. The van der Waals surface area contributed by atoms with Crippen molar-refractivity contribution in [1.29, 1.82) is 0 Å². The number of benzene rings is 1. The van der Waals surface area contributed by atoms with Crippen molar-refractivity contribution in [1.82, 2.24) is 30.8 Å². The standard InChI is InChI=1S/C26H27F3N6O4/c27-26(28,29)18-10-30-25(37)35(18)11-12-1-8-17-16(9-12)31-24(38-17)21(19(13-2-3-13)14-4-5-14)32-23(36)22-20(15-6-7-15)33-39-34-22/h1,8-9,13-15,18-19,21H,2-7,10-11H2,(H,30,37)(H,32,36)/t18-,21+/m1/s1. The van der Waals surface area contributed by atoms with Crippen LogP contribution in [0.2, 0.25) is 0 Å². The van der Waals surface area contributed by atoms with Gasteiger partial charge in [-0.05, 0) is 79.1 Å². The lowest BCUT2D eigenvalue weighted by atomic mass is 9.89. The minimum Gasteiger partial charge on any atom is -0.438 e. The summed E-state index contributed by atoms with van der Waals surface area (Å²) in [6.45, 7) is -0.697. The van der Waals surface area contributed by atoms with Crippen molar-refractivity contribution in [2.45, 2.75) is 69.2 Å². The third-order valence-corrected chi connectivity index (χ3v) is 8.25. The van der Waals surface area contributed by atoms with Crippen molar-refractivity contribution >= 4 is 23.0 Å². The lowest BCUT2D eigenvalue weighted by molar-refractivity contribution is -0.169. The summed E-state index contributed by atoms with van der Waals surface area (Å²) in [5.41, 5.74) is 2.17. The zero-order valence-electron chi connectivity index (χ0n) is 20.9. The van der Waals surface area contributed by atoms with Crippen molar-refractivity contribution in [3.63, 3.8) is 0 Å². The predicted octanol–water partition coefficient (Wildman–Crippen LogP) is 4.45. The van der Waals surface area contributed by atoms with Gasteiger partial charge in [-0.15, -0.1) is 0 Å². The van der Waals surface area contributed by atoms with Crippen LogP contribution in [0.5, 0.6) is 0 Å². The minimum atomic E-state index is -4.53. The number of fused-ring (bicyclic) bond motifs is 1. The van der Waals surface area contributed by atoms with E-state index in [-0.39, 0.29) is 30.0 Å². The summed E-state index contributed by atoms with van der Waals surface area (Å²) in [6, 6.07) is 1.77. The highest BCUT2D eigenvalue weighted by molar-refractivity contribution is 5.93. The van der Waals surface area contributed by atoms with Crippen molar-refractivity contribution in [2.24, 2.45) is 17.8 Å². The number of amides is 3. The number of alkyl halides is 3. The van der Waals surface area contributed by atoms with Crippen molar-refractivity contribution in [3.8, 4) is 0 Å². The first kappa shape index (κ1) is 24.4. The minimum absolute atomic E-state index is 0.159. The smallest absolute Gasteiger partial charge is 0.410 e. The van der Waals surface area contributed by atoms with Gasteiger partial charge in [-0.2, -0.15) is 13.2 Å². The molecule has 206 valence electrons. The summed E-state index contributed by atoms with van der Waals surface area (Å²) < 4.78 is 51.3. The molecule has 3 heterocycles. The van der Waals surface area contributed by atoms with E-state index in [2.05, 4.69) is 20.9 Å². The average Bonchev–Trinajstić information content (AvgIpc) is 3.85. The van der Waals surface area contributed by atoms with Gasteiger partial charge in [-0.3, -0.25) is 4.79 Å². The van der Waals surface area contributed by atoms with Gasteiger partial charge in [-0.25, -0.2) is 14.4 Å². The number of rotatable bonds is 9. The van der Waals surface area contributed by atoms with Gasteiger partial charge in [0.25, 0.3) is 5.91 Å². The SMILES string of the molecule is O=C(N[C@H](c1nc2cc(CN3C(=O)NC[C@@H]3C(F)(F)F)ccc2o1)C(C1CC1)C1CC1)c1nonc1C1CC1. The first-order valence-electron chi connectivity index (χ1n) is 13.4. The molecule has 3 saturated carbocycles. The number of hydrogen-bond acceptors (Lipinski definition) is 7. The van der Waals surface area contributed by atoms with Gasteiger partial charge >= 0.3 is 12.2 Å². The highest BCUT2D eigenvalue weighted by Gasteiger charge is 2.50. The lowest BCUT2D eigenvalue weighted by Gasteiger charge is -2.25. The number of aromatic nitrogens is 3. The summed E-state index contributed by atoms with van der Waals surface area (Å²) in [7, 11) is 0. The summed E-state index contributed by atoms with van der Waals surface area (Å²) >= 11 is 0. The molecule has 3 aliphatic carbocycles. The third-order valence-electron chi connectivity index (χ3n) is 8.25. The highest BCUT2D eigenvalue weighted by Crippen LogP contribution is 2.54. The number of nitrogens with zero attached hydrogens (tertiary/aromatic N) is 4. The van der Waals surface area contributed by atoms with Gasteiger partial charge in [0.2, 0.25) is 5.89 Å². The molecule has 1 aromatic carbocycles. The normalized spacial score (nSPS) is 22.5. The zero-order chi connectivity index (χ0) is 26.9. The first-order chi connectivity index (χ1) is 18.8. The maximum atomic E-state index is 13.4. The molecule has 10 nitrogen and oxygen atoms in total. The van der Waals surface area contributed by atoms with Crippen LogP contribution in [0, 0.1) is 17.8 Å². The Morgan fingerprint density at radius 3 is 2.54 bits per heavy atom. The molecule has 4 fully saturated rings. The number of carbonyl (C=O) groups excluding carboxylic acids is 2. The molecule has 2 N–H and O–H groups in total. The maximum absolute atomic E-state index is 13.4. The molecule has 13 heteroatoms. The predicted molar refractivity (Wildman–Crippen MR) is 128 cm³/mol. The molecule has 39 heavy (non-hydrogen) atoms. The number of hydrogen-bond donors (Lipinski definition) is 2. The molecule has 4 aliphatic rings. The van der Waals surface area contributed by atoms with Crippen molar-refractivity contribution in [3.05, 3.63) is 41.0 Å². The molecule has 3 amide bonds. The Hall–Kier alpha value is -3.64. The summed E-state index contributed by atoms with van der Waals surface area (Å²) in [6.07, 6.45) is 1.67. The Morgan fingerprint density at radius 2 is 1.87 bits per heavy atom. The van der Waals surface area contributed by atoms with Gasteiger partial charge in [-0.1, -0.05) is 11.2 Å². The molecule has 0 radical (unpaired) electrons. The highest BCUT2D eigenvalue weighted by atomic mass is 19.4. The van der Waals surface area contributed by atoms with E-state index in [1.807, 2.05) is 0 Å². The largest absolute Gasteiger partial charge is 0.438 e. The van der Waals surface area contributed by atoms with Crippen LogP contribution in [0.1, 0.15) is 78.1 Å². The average molecular weight is 545 g/mol. The Kier molecular flexibility index (Phi) is 5.60. The van der Waals surface area contributed by atoms with Crippen LogP contribution in [0.25, 0.3) is 11.1 Å². The van der Waals surface area contributed by atoms with Crippen LogP contribution in [0.15, 0.2) is 27.2 Å². The number of halogens is 3.